The van der Waals surface area contributed by atoms with E-state index in [2.05, 4.69) is 10.1 Å². The Balaban J connectivity index is 0.00000484. The monoisotopic (exact) mass is 354 g/mol. The minimum absolute atomic E-state index is 0. The van der Waals surface area contributed by atoms with Gasteiger partial charge in [-0.05, 0) is 24.6 Å². The van der Waals surface area contributed by atoms with Crippen LogP contribution in [0.3, 0.4) is 0 Å². The molecule has 0 bridgehead atoms. The minimum atomic E-state index is -2.93. The number of amides is 1. The van der Waals surface area contributed by atoms with Gasteiger partial charge in [0.2, 0.25) is 5.91 Å². The number of hydrogen-bond acceptors (Lipinski definition) is 5. The Morgan fingerprint density at radius 2 is 2.04 bits per heavy atom. The van der Waals surface area contributed by atoms with Gasteiger partial charge in [0, 0.05) is 13.7 Å². The molecule has 132 valence electrons. The van der Waals surface area contributed by atoms with Crippen LogP contribution in [0.15, 0.2) is 18.2 Å². The zero-order valence-electron chi connectivity index (χ0n) is 12.9. The summed E-state index contributed by atoms with van der Waals surface area (Å²) >= 11 is 0. The highest BCUT2D eigenvalue weighted by Gasteiger charge is 2.14. The number of halogens is 3. The molecule has 0 saturated heterocycles. The Bertz CT molecular complexity index is 492. The standard InChI is InChI=1S/C14H20F2N2O4.ClH/c1-3-21-12-6-9(4-5-11(12)22-14(15)16)7-18-13(19)10(17)8-20-2;/h4-6,10,14H,3,7-8,17H2,1-2H3,(H,18,19);1H. The molecule has 0 radical (unpaired) electrons. The van der Waals surface area contributed by atoms with Crippen molar-refractivity contribution in [2.75, 3.05) is 20.3 Å². The van der Waals surface area contributed by atoms with Gasteiger partial charge >= 0.3 is 6.61 Å². The van der Waals surface area contributed by atoms with Crippen LogP contribution < -0.4 is 20.5 Å². The quantitative estimate of drug-likeness (QED) is 0.705. The number of hydrogen-bond donors (Lipinski definition) is 2. The molecule has 0 aromatic heterocycles. The van der Waals surface area contributed by atoms with Crippen LogP contribution in [0.25, 0.3) is 0 Å². The van der Waals surface area contributed by atoms with Crippen LogP contribution in [0.4, 0.5) is 8.78 Å². The van der Waals surface area contributed by atoms with Crippen LogP contribution in [-0.2, 0) is 16.1 Å². The van der Waals surface area contributed by atoms with Gasteiger partial charge in [-0.25, -0.2) is 0 Å². The Morgan fingerprint density at radius 1 is 1.35 bits per heavy atom. The first kappa shape index (κ1) is 21.4. The number of nitrogens with one attached hydrogen (secondary N) is 1. The van der Waals surface area contributed by atoms with Gasteiger partial charge < -0.3 is 25.3 Å². The number of carbonyl (C=O) groups excluding carboxylic acids is 1. The molecule has 0 saturated carbocycles. The fraction of sp³-hybridized carbons (Fsp3) is 0.500. The summed E-state index contributed by atoms with van der Waals surface area (Å²) in [6.45, 7) is -0.613. The molecule has 0 aliphatic heterocycles. The van der Waals surface area contributed by atoms with E-state index in [1.54, 1.807) is 13.0 Å². The highest BCUT2D eigenvalue weighted by molar-refractivity contribution is 5.85. The van der Waals surface area contributed by atoms with Gasteiger partial charge in [-0.3, -0.25) is 4.79 Å². The third-order valence-corrected chi connectivity index (χ3v) is 2.67. The predicted molar refractivity (Wildman–Crippen MR) is 83.2 cm³/mol. The van der Waals surface area contributed by atoms with E-state index in [4.69, 9.17) is 15.2 Å². The maximum Gasteiger partial charge on any atom is 0.387 e. The maximum absolute atomic E-state index is 12.3. The zero-order chi connectivity index (χ0) is 16.5. The van der Waals surface area contributed by atoms with Crippen molar-refractivity contribution < 1.29 is 27.8 Å². The first-order valence-corrected chi connectivity index (χ1v) is 6.70. The van der Waals surface area contributed by atoms with Crippen molar-refractivity contribution in [3.05, 3.63) is 23.8 Å². The molecule has 1 unspecified atom stereocenters. The molecule has 0 aliphatic carbocycles. The topological polar surface area (TPSA) is 82.8 Å². The van der Waals surface area contributed by atoms with Gasteiger partial charge in [-0.2, -0.15) is 8.78 Å². The summed E-state index contributed by atoms with van der Waals surface area (Å²) in [7, 11) is 1.45. The summed E-state index contributed by atoms with van der Waals surface area (Å²) in [6.07, 6.45) is 0. The van der Waals surface area contributed by atoms with E-state index in [0.29, 0.717) is 12.2 Å². The second-order valence-electron chi connectivity index (χ2n) is 4.37. The van der Waals surface area contributed by atoms with E-state index in [9.17, 15) is 13.6 Å². The molecule has 3 N–H and O–H groups in total. The fourth-order valence-electron chi connectivity index (χ4n) is 1.70. The van der Waals surface area contributed by atoms with Crippen LogP contribution in [0, 0.1) is 0 Å². The molecule has 0 fully saturated rings. The van der Waals surface area contributed by atoms with Crippen molar-refractivity contribution in [2.24, 2.45) is 5.73 Å². The molecule has 1 atom stereocenters. The second kappa shape index (κ2) is 11.0. The van der Waals surface area contributed by atoms with E-state index < -0.39 is 12.7 Å². The molecule has 0 spiro atoms. The maximum atomic E-state index is 12.3. The highest BCUT2D eigenvalue weighted by Crippen LogP contribution is 2.29. The second-order valence-corrected chi connectivity index (χ2v) is 4.37. The molecule has 1 aromatic rings. The molecule has 1 rings (SSSR count). The van der Waals surface area contributed by atoms with Crippen molar-refractivity contribution in [1.82, 2.24) is 5.32 Å². The van der Waals surface area contributed by atoms with Crippen molar-refractivity contribution in [3.63, 3.8) is 0 Å². The summed E-state index contributed by atoms with van der Waals surface area (Å²) in [4.78, 5) is 11.7. The molecular formula is C14H21ClF2N2O4. The molecule has 0 aliphatic rings. The third kappa shape index (κ3) is 7.45. The van der Waals surface area contributed by atoms with Gasteiger partial charge in [-0.1, -0.05) is 6.07 Å². The van der Waals surface area contributed by atoms with Gasteiger partial charge in [0.15, 0.2) is 11.5 Å². The molecule has 6 nitrogen and oxygen atoms in total. The summed E-state index contributed by atoms with van der Waals surface area (Å²) < 4.78 is 39.0. The van der Waals surface area contributed by atoms with Gasteiger partial charge in [0.1, 0.15) is 6.04 Å². The van der Waals surface area contributed by atoms with Crippen LogP contribution in [0.5, 0.6) is 11.5 Å². The summed E-state index contributed by atoms with van der Waals surface area (Å²) in [5.41, 5.74) is 6.25. The van der Waals surface area contributed by atoms with Gasteiger partial charge in [0.05, 0.1) is 13.2 Å². The first-order valence-electron chi connectivity index (χ1n) is 6.70. The van der Waals surface area contributed by atoms with Crippen molar-refractivity contribution >= 4 is 18.3 Å². The van der Waals surface area contributed by atoms with Crippen molar-refractivity contribution in [2.45, 2.75) is 26.1 Å². The normalized spacial score (nSPS) is 11.6. The average Bonchev–Trinajstić information content (AvgIpc) is 2.47. The lowest BCUT2D eigenvalue weighted by Gasteiger charge is -2.14. The number of carbonyl (C=O) groups is 1. The van der Waals surface area contributed by atoms with E-state index in [1.807, 2.05) is 0 Å². The third-order valence-electron chi connectivity index (χ3n) is 2.67. The van der Waals surface area contributed by atoms with E-state index in [0.717, 1.165) is 0 Å². The fourth-order valence-corrected chi connectivity index (χ4v) is 1.70. The number of rotatable bonds is 9. The number of methoxy groups -OCH3 is 1. The van der Waals surface area contributed by atoms with E-state index in [-0.39, 0.29) is 43.0 Å². The number of benzene rings is 1. The Labute approximate surface area is 139 Å². The SMILES string of the molecule is CCOc1cc(CNC(=O)C(N)COC)ccc1OC(F)F.Cl. The Morgan fingerprint density at radius 3 is 2.61 bits per heavy atom. The Hall–Kier alpha value is -1.64. The zero-order valence-corrected chi connectivity index (χ0v) is 13.7. The first-order chi connectivity index (χ1) is 10.5. The summed E-state index contributed by atoms with van der Waals surface area (Å²) in [5.74, 6) is -0.230. The molecular weight excluding hydrogens is 334 g/mol. The van der Waals surface area contributed by atoms with Crippen molar-refractivity contribution in [3.8, 4) is 11.5 Å². The number of ether oxygens (including phenoxy) is 3. The molecule has 0 heterocycles. The summed E-state index contributed by atoms with van der Waals surface area (Å²) in [6, 6.07) is 3.69. The molecule has 1 aromatic carbocycles. The molecule has 23 heavy (non-hydrogen) atoms. The average molecular weight is 355 g/mol. The predicted octanol–water partition coefficient (Wildman–Crippen LogP) is 1.70. The smallest absolute Gasteiger partial charge is 0.387 e. The lowest BCUT2D eigenvalue weighted by molar-refractivity contribution is -0.123. The largest absolute Gasteiger partial charge is 0.490 e. The highest BCUT2D eigenvalue weighted by atomic mass is 35.5. The lowest BCUT2D eigenvalue weighted by Crippen LogP contribution is -2.43. The van der Waals surface area contributed by atoms with E-state index in [1.165, 1.54) is 19.2 Å². The van der Waals surface area contributed by atoms with Crippen LogP contribution in [0.1, 0.15) is 12.5 Å². The van der Waals surface area contributed by atoms with E-state index >= 15 is 0 Å². The van der Waals surface area contributed by atoms with Gasteiger partial charge in [-0.15, -0.1) is 12.4 Å². The van der Waals surface area contributed by atoms with Crippen molar-refractivity contribution in [1.29, 1.82) is 0 Å². The summed E-state index contributed by atoms with van der Waals surface area (Å²) in [5, 5.41) is 2.62. The molecule has 1 amide bonds. The number of alkyl halides is 2. The van der Waals surface area contributed by atoms with Crippen LogP contribution in [0.2, 0.25) is 0 Å². The van der Waals surface area contributed by atoms with Crippen LogP contribution >= 0.6 is 12.4 Å². The molecule has 9 heteroatoms. The van der Waals surface area contributed by atoms with Crippen LogP contribution in [-0.4, -0.2) is 38.9 Å². The minimum Gasteiger partial charge on any atom is -0.490 e. The number of nitrogens with two attached hydrogens (primary N) is 1. The Kier molecular flexibility index (Phi) is 10.2. The lowest BCUT2D eigenvalue weighted by atomic mass is 10.2. The van der Waals surface area contributed by atoms with Gasteiger partial charge in [0.25, 0.3) is 0 Å².